The zero-order valence-corrected chi connectivity index (χ0v) is 7.19. The standard InChI is InChI=1S/C5H13NO.C2H6/c1-5(6-2)4-7-3;1-2/h5-6H,4H2,1-3H3;1-2H3. The van der Waals surface area contributed by atoms with Gasteiger partial charge in [0.25, 0.3) is 0 Å². The molecule has 58 valence electrons. The van der Waals surface area contributed by atoms with Crippen molar-refractivity contribution in [3.8, 4) is 0 Å². The lowest BCUT2D eigenvalue weighted by Gasteiger charge is -2.05. The Kier molecular flexibility index (Phi) is 14.0. The maximum atomic E-state index is 4.83. The molecule has 0 saturated carbocycles. The molecule has 0 aliphatic rings. The molecule has 0 rings (SSSR count). The zero-order chi connectivity index (χ0) is 7.70. The van der Waals surface area contributed by atoms with E-state index in [-0.39, 0.29) is 0 Å². The van der Waals surface area contributed by atoms with Crippen molar-refractivity contribution in [2.24, 2.45) is 0 Å². The molecule has 0 amide bonds. The van der Waals surface area contributed by atoms with E-state index in [0.29, 0.717) is 6.04 Å². The highest BCUT2D eigenvalue weighted by Gasteiger charge is 1.91. The average molecular weight is 133 g/mol. The highest BCUT2D eigenvalue weighted by Crippen LogP contribution is 1.76. The summed E-state index contributed by atoms with van der Waals surface area (Å²) in [6, 6.07) is 0.477. The molecular formula is C7H19NO. The molecule has 0 saturated heterocycles. The molecule has 1 atom stereocenters. The molecule has 0 aromatic rings. The molecule has 0 aromatic carbocycles. The summed E-state index contributed by atoms with van der Waals surface area (Å²) in [5.41, 5.74) is 0. The van der Waals surface area contributed by atoms with E-state index >= 15 is 0 Å². The number of rotatable bonds is 3. The largest absolute Gasteiger partial charge is 0.383 e. The van der Waals surface area contributed by atoms with Crippen LogP contribution in [-0.4, -0.2) is 26.8 Å². The van der Waals surface area contributed by atoms with E-state index < -0.39 is 0 Å². The maximum Gasteiger partial charge on any atom is 0.0613 e. The Balaban J connectivity index is 0. The Labute approximate surface area is 58.6 Å². The third kappa shape index (κ3) is 11.5. The quantitative estimate of drug-likeness (QED) is 0.626. The van der Waals surface area contributed by atoms with E-state index in [4.69, 9.17) is 4.74 Å². The molecule has 0 radical (unpaired) electrons. The highest BCUT2D eigenvalue weighted by atomic mass is 16.5. The lowest BCUT2D eigenvalue weighted by molar-refractivity contribution is 0.175. The third-order valence-electron chi connectivity index (χ3n) is 0.909. The molecule has 0 aliphatic carbocycles. The topological polar surface area (TPSA) is 21.3 Å². The van der Waals surface area contributed by atoms with Gasteiger partial charge in [0.05, 0.1) is 6.61 Å². The zero-order valence-electron chi connectivity index (χ0n) is 7.19. The number of methoxy groups -OCH3 is 1. The van der Waals surface area contributed by atoms with Gasteiger partial charge >= 0.3 is 0 Å². The van der Waals surface area contributed by atoms with Gasteiger partial charge in [-0.2, -0.15) is 0 Å². The van der Waals surface area contributed by atoms with E-state index in [1.165, 1.54) is 0 Å². The summed E-state index contributed by atoms with van der Waals surface area (Å²) in [7, 11) is 3.62. The molecule has 0 fully saturated rings. The van der Waals surface area contributed by atoms with E-state index in [9.17, 15) is 0 Å². The van der Waals surface area contributed by atoms with Gasteiger partial charge in [-0.05, 0) is 14.0 Å². The van der Waals surface area contributed by atoms with Crippen LogP contribution in [0.4, 0.5) is 0 Å². The van der Waals surface area contributed by atoms with Gasteiger partial charge in [-0.25, -0.2) is 0 Å². The molecule has 0 aliphatic heterocycles. The summed E-state index contributed by atoms with van der Waals surface area (Å²) >= 11 is 0. The predicted octanol–water partition coefficient (Wildman–Crippen LogP) is 1.27. The van der Waals surface area contributed by atoms with Crippen LogP contribution in [0.5, 0.6) is 0 Å². The van der Waals surface area contributed by atoms with Crippen molar-refractivity contribution in [3.05, 3.63) is 0 Å². The van der Waals surface area contributed by atoms with Crippen molar-refractivity contribution in [3.63, 3.8) is 0 Å². The van der Waals surface area contributed by atoms with E-state index in [0.717, 1.165) is 6.61 Å². The fraction of sp³-hybridized carbons (Fsp3) is 1.00. The number of hydrogen-bond acceptors (Lipinski definition) is 2. The minimum atomic E-state index is 0.477. The first-order chi connectivity index (χ1) is 4.31. The van der Waals surface area contributed by atoms with Crippen LogP contribution in [0, 0.1) is 0 Å². The molecule has 0 spiro atoms. The summed E-state index contributed by atoms with van der Waals surface area (Å²) in [6.07, 6.45) is 0. The van der Waals surface area contributed by atoms with Crippen LogP contribution in [-0.2, 0) is 4.74 Å². The van der Waals surface area contributed by atoms with Crippen LogP contribution in [0.2, 0.25) is 0 Å². The molecule has 1 N–H and O–H groups in total. The summed E-state index contributed by atoms with van der Waals surface area (Å²) in [5, 5.41) is 3.04. The van der Waals surface area contributed by atoms with Crippen molar-refractivity contribution in [2.75, 3.05) is 20.8 Å². The van der Waals surface area contributed by atoms with Gasteiger partial charge in [-0.1, -0.05) is 13.8 Å². The number of hydrogen-bond donors (Lipinski definition) is 1. The Morgan fingerprint density at radius 2 is 1.89 bits per heavy atom. The second kappa shape index (κ2) is 10.8. The molecule has 9 heavy (non-hydrogen) atoms. The van der Waals surface area contributed by atoms with Crippen molar-refractivity contribution in [1.29, 1.82) is 0 Å². The van der Waals surface area contributed by atoms with Gasteiger partial charge in [-0.3, -0.25) is 0 Å². The van der Waals surface area contributed by atoms with Gasteiger partial charge in [0.2, 0.25) is 0 Å². The van der Waals surface area contributed by atoms with Gasteiger partial charge in [0.1, 0.15) is 0 Å². The number of likely N-dealkylation sites (N-methyl/N-ethyl adjacent to an activating group) is 1. The fourth-order valence-corrected chi connectivity index (χ4v) is 0.333. The molecule has 2 nitrogen and oxygen atoms in total. The van der Waals surface area contributed by atoms with Gasteiger partial charge < -0.3 is 10.1 Å². The SMILES string of the molecule is CC.CNC(C)COC. The highest BCUT2D eigenvalue weighted by molar-refractivity contribution is 4.51. The van der Waals surface area contributed by atoms with E-state index in [1.807, 2.05) is 20.9 Å². The molecule has 0 bridgehead atoms. The Hall–Kier alpha value is -0.0800. The van der Waals surface area contributed by atoms with Crippen molar-refractivity contribution in [1.82, 2.24) is 5.32 Å². The Morgan fingerprint density at radius 3 is 2.00 bits per heavy atom. The molecule has 0 heterocycles. The lowest BCUT2D eigenvalue weighted by Crippen LogP contribution is -2.25. The smallest absolute Gasteiger partial charge is 0.0613 e. The monoisotopic (exact) mass is 133 g/mol. The molecule has 2 heteroatoms. The second-order valence-corrected chi connectivity index (χ2v) is 1.65. The Bertz CT molecular complexity index is 39.9. The van der Waals surface area contributed by atoms with Crippen molar-refractivity contribution < 1.29 is 4.74 Å². The van der Waals surface area contributed by atoms with E-state index in [1.54, 1.807) is 7.11 Å². The summed E-state index contributed by atoms with van der Waals surface area (Å²) in [6.45, 7) is 6.86. The van der Waals surface area contributed by atoms with Crippen LogP contribution in [0.3, 0.4) is 0 Å². The predicted molar refractivity (Wildman–Crippen MR) is 41.7 cm³/mol. The second-order valence-electron chi connectivity index (χ2n) is 1.65. The minimum absolute atomic E-state index is 0.477. The summed E-state index contributed by atoms with van der Waals surface area (Å²) in [4.78, 5) is 0. The maximum absolute atomic E-state index is 4.83. The van der Waals surface area contributed by atoms with Crippen molar-refractivity contribution in [2.45, 2.75) is 26.8 Å². The normalized spacial score (nSPS) is 11.7. The molecule has 0 aromatic heterocycles. The minimum Gasteiger partial charge on any atom is -0.383 e. The van der Waals surface area contributed by atoms with Crippen LogP contribution < -0.4 is 5.32 Å². The third-order valence-corrected chi connectivity index (χ3v) is 0.909. The summed E-state index contributed by atoms with van der Waals surface area (Å²) in [5.74, 6) is 0. The molecular weight excluding hydrogens is 114 g/mol. The fourth-order valence-electron chi connectivity index (χ4n) is 0.333. The van der Waals surface area contributed by atoms with Crippen LogP contribution in [0.1, 0.15) is 20.8 Å². The summed E-state index contributed by atoms with van der Waals surface area (Å²) < 4.78 is 4.83. The molecule has 1 unspecified atom stereocenters. The van der Waals surface area contributed by atoms with Crippen LogP contribution in [0.15, 0.2) is 0 Å². The first-order valence-corrected chi connectivity index (χ1v) is 3.47. The number of nitrogens with one attached hydrogen (secondary N) is 1. The van der Waals surface area contributed by atoms with E-state index in [2.05, 4.69) is 12.2 Å². The average Bonchev–Trinajstić information content (AvgIpc) is 1.93. The van der Waals surface area contributed by atoms with Gasteiger partial charge in [0.15, 0.2) is 0 Å². The lowest BCUT2D eigenvalue weighted by atomic mass is 10.4. The first-order valence-electron chi connectivity index (χ1n) is 3.47. The first kappa shape index (κ1) is 11.7. The van der Waals surface area contributed by atoms with Crippen LogP contribution >= 0.6 is 0 Å². The van der Waals surface area contributed by atoms with Crippen LogP contribution in [0.25, 0.3) is 0 Å². The van der Waals surface area contributed by atoms with Crippen molar-refractivity contribution >= 4 is 0 Å². The van der Waals surface area contributed by atoms with Gasteiger partial charge in [-0.15, -0.1) is 0 Å². The van der Waals surface area contributed by atoms with Gasteiger partial charge in [0, 0.05) is 13.2 Å². The Morgan fingerprint density at radius 1 is 1.44 bits per heavy atom. The number of ether oxygens (including phenoxy) is 1.